The van der Waals surface area contributed by atoms with E-state index in [2.05, 4.69) is 5.32 Å². The van der Waals surface area contributed by atoms with Gasteiger partial charge in [-0.15, -0.1) is 0 Å². The number of carbonyl (C=O) groups excluding carboxylic acids is 1. The summed E-state index contributed by atoms with van der Waals surface area (Å²) in [5.74, 6) is 1.33. The molecule has 0 aromatic carbocycles. The fraction of sp³-hybridized carbons (Fsp3) is 0.941. The molecular formula is C17H30N2O2. The van der Waals surface area contributed by atoms with E-state index >= 15 is 0 Å². The monoisotopic (exact) mass is 294 g/mol. The lowest BCUT2D eigenvalue weighted by molar-refractivity contribution is 0.0268. The molecule has 2 unspecified atom stereocenters. The van der Waals surface area contributed by atoms with Gasteiger partial charge in [0.1, 0.15) is 5.60 Å². The minimum absolute atomic E-state index is 0.136. The maximum absolute atomic E-state index is 12.1. The van der Waals surface area contributed by atoms with Gasteiger partial charge in [-0.2, -0.15) is 0 Å². The summed E-state index contributed by atoms with van der Waals surface area (Å²) in [5, 5.41) is 3.86. The zero-order chi connectivity index (χ0) is 15.0. The Morgan fingerprint density at radius 3 is 2.14 bits per heavy atom. The normalized spacial score (nSPS) is 33.5. The maximum atomic E-state index is 12.1. The molecule has 0 aromatic rings. The number of piperidine rings is 1. The molecule has 3 fully saturated rings. The van der Waals surface area contributed by atoms with Crippen molar-refractivity contribution in [2.45, 2.75) is 77.0 Å². The molecule has 3 rings (SSSR count). The molecule has 120 valence electrons. The van der Waals surface area contributed by atoms with Crippen LogP contribution in [0.2, 0.25) is 0 Å². The van der Waals surface area contributed by atoms with E-state index in [1.165, 1.54) is 38.5 Å². The van der Waals surface area contributed by atoms with Crippen LogP contribution in [0.1, 0.15) is 59.3 Å². The van der Waals surface area contributed by atoms with Gasteiger partial charge >= 0.3 is 6.09 Å². The Morgan fingerprint density at radius 2 is 1.62 bits per heavy atom. The van der Waals surface area contributed by atoms with Crippen molar-refractivity contribution in [1.82, 2.24) is 10.2 Å². The quantitative estimate of drug-likeness (QED) is 0.795. The minimum Gasteiger partial charge on any atom is -0.444 e. The number of nitrogens with zero attached hydrogens (tertiary/aromatic N) is 1. The fourth-order valence-corrected chi connectivity index (χ4v) is 3.97. The Hall–Kier alpha value is -0.770. The molecule has 0 spiro atoms. The smallest absolute Gasteiger partial charge is 0.410 e. The number of ether oxygens (including phenoxy) is 1. The van der Waals surface area contributed by atoms with Crippen LogP contribution in [0.15, 0.2) is 0 Å². The number of hydrogen-bond donors (Lipinski definition) is 1. The predicted octanol–water partition coefficient (Wildman–Crippen LogP) is 3.16. The first kappa shape index (κ1) is 15.1. The van der Waals surface area contributed by atoms with Crippen molar-refractivity contribution in [3.05, 3.63) is 0 Å². The van der Waals surface area contributed by atoms with Crippen LogP contribution in [0.25, 0.3) is 0 Å². The number of hydrogen-bond acceptors (Lipinski definition) is 3. The molecule has 3 aliphatic rings. The maximum Gasteiger partial charge on any atom is 0.410 e. The minimum atomic E-state index is -0.387. The third-order valence-corrected chi connectivity index (χ3v) is 5.13. The zero-order valence-corrected chi connectivity index (χ0v) is 13.7. The first-order valence-corrected chi connectivity index (χ1v) is 8.68. The van der Waals surface area contributed by atoms with Crippen LogP contribution < -0.4 is 5.32 Å². The number of fused-ring (bicyclic) bond motifs is 1. The second kappa shape index (κ2) is 5.79. The number of carbonyl (C=O) groups is 1. The molecule has 2 aliphatic carbocycles. The zero-order valence-electron chi connectivity index (χ0n) is 13.7. The van der Waals surface area contributed by atoms with E-state index in [0.29, 0.717) is 17.9 Å². The summed E-state index contributed by atoms with van der Waals surface area (Å²) in [4.78, 5) is 13.9. The Labute approximate surface area is 128 Å². The standard InChI is InChI=1S/C17H30N2O2/c1-17(2,3)21-16(20)19-10-13-14(11-19)15(13)18-12-8-6-4-5-7-9-12/h12-15,18H,4-11H2,1-3H3. The van der Waals surface area contributed by atoms with Crippen LogP contribution in [-0.4, -0.2) is 41.8 Å². The lowest BCUT2D eigenvalue weighted by Crippen LogP contribution is -2.41. The summed E-state index contributed by atoms with van der Waals surface area (Å²) in [5.41, 5.74) is -0.387. The summed E-state index contributed by atoms with van der Waals surface area (Å²) in [7, 11) is 0. The average Bonchev–Trinajstić information content (AvgIpc) is 2.93. The van der Waals surface area contributed by atoms with Gasteiger partial charge in [0.05, 0.1) is 0 Å². The van der Waals surface area contributed by atoms with Crippen LogP contribution in [0.4, 0.5) is 4.79 Å². The van der Waals surface area contributed by atoms with Gasteiger partial charge in [-0.1, -0.05) is 25.7 Å². The van der Waals surface area contributed by atoms with Crippen molar-refractivity contribution in [3.63, 3.8) is 0 Å². The third kappa shape index (κ3) is 3.71. The number of amides is 1. The number of nitrogens with one attached hydrogen (secondary N) is 1. The van der Waals surface area contributed by atoms with E-state index in [-0.39, 0.29) is 11.7 Å². The molecule has 1 N–H and O–H groups in total. The van der Waals surface area contributed by atoms with E-state index in [0.717, 1.165) is 19.1 Å². The van der Waals surface area contributed by atoms with Crippen LogP contribution in [0.3, 0.4) is 0 Å². The SMILES string of the molecule is CC(C)(C)OC(=O)N1CC2C(C1)C2NC1CCCCCC1. The molecule has 2 saturated carbocycles. The Balaban J connectivity index is 1.42. The highest BCUT2D eigenvalue weighted by Crippen LogP contribution is 2.46. The van der Waals surface area contributed by atoms with Gasteiger partial charge in [0.25, 0.3) is 0 Å². The highest BCUT2D eigenvalue weighted by Gasteiger charge is 2.57. The fourth-order valence-electron chi connectivity index (χ4n) is 3.97. The molecule has 4 nitrogen and oxygen atoms in total. The molecule has 1 heterocycles. The van der Waals surface area contributed by atoms with Crippen LogP contribution in [0.5, 0.6) is 0 Å². The van der Waals surface area contributed by atoms with Gasteiger partial charge < -0.3 is 15.0 Å². The number of rotatable bonds is 2. The van der Waals surface area contributed by atoms with Gasteiger partial charge in [0, 0.05) is 25.2 Å². The molecule has 1 amide bonds. The largest absolute Gasteiger partial charge is 0.444 e. The molecule has 21 heavy (non-hydrogen) atoms. The molecular weight excluding hydrogens is 264 g/mol. The lowest BCUT2D eigenvalue weighted by Gasteiger charge is -2.26. The lowest BCUT2D eigenvalue weighted by atomic mass is 10.1. The highest BCUT2D eigenvalue weighted by atomic mass is 16.6. The second-order valence-corrected chi connectivity index (χ2v) is 8.09. The number of likely N-dealkylation sites (tertiary alicyclic amines) is 1. The van der Waals surface area contributed by atoms with Crippen LogP contribution >= 0.6 is 0 Å². The summed E-state index contributed by atoms with van der Waals surface area (Å²) >= 11 is 0. The Bertz CT molecular complexity index is 371. The third-order valence-electron chi connectivity index (χ3n) is 5.13. The first-order chi connectivity index (χ1) is 9.94. The van der Waals surface area contributed by atoms with Crippen molar-refractivity contribution in [2.24, 2.45) is 11.8 Å². The predicted molar refractivity (Wildman–Crippen MR) is 83.2 cm³/mol. The summed E-state index contributed by atoms with van der Waals surface area (Å²) in [6, 6.07) is 1.38. The van der Waals surface area contributed by atoms with Crippen molar-refractivity contribution < 1.29 is 9.53 Å². The molecule has 1 aliphatic heterocycles. The van der Waals surface area contributed by atoms with Gasteiger partial charge in [-0.3, -0.25) is 0 Å². The summed E-state index contributed by atoms with van der Waals surface area (Å²) in [6.45, 7) is 7.54. The van der Waals surface area contributed by atoms with E-state index in [1.807, 2.05) is 25.7 Å². The van der Waals surface area contributed by atoms with Crippen LogP contribution in [-0.2, 0) is 4.74 Å². The molecule has 1 saturated heterocycles. The highest BCUT2D eigenvalue weighted by molar-refractivity contribution is 5.69. The van der Waals surface area contributed by atoms with Crippen LogP contribution in [0, 0.1) is 11.8 Å². The van der Waals surface area contributed by atoms with Crippen molar-refractivity contribution in [1.29, 1.82) is 0 Å². The Kier molecular flexibility index (Phi) is 4.17. The topological polar surface area (TPSA) is 41.6 Å². The summed E-state index contributed by atoms with van der Waals surface area (Å²) < 4.78 is 5.46. The molecule has 0 radical (unpaired) electrons. The molecule has 0 aromatic heterocycles. The van der Waals surface area contributed by atoms with Crippen molar-refractivity contribution in [2.75, 3.05) is 13.1 Å². The Morgan fingerprint density at radius 1 is 1.05 bits per heavy atom. The molecule has 0 bridgehead atoms. The second-order valence-electron chi connectivity index (χ2n) is 8.09. The van der Waals surface area contributed by atoms with Gasteiger partial charge in [-0.05, 0) is 45.4 Å². The van der Waals surface area contributed by atoms with Gasteiger partial charge in [0.15, 0.2) is 0 Å². The molecule has 4 heteroatoms. The molecule has 2 atom stereocenters. The summed E-state index contributed by atoms with van der Waals surface area (Å²) in [6.07, 6.45) is 8.11. The van der Waals surface area contributed by atoms with E-state index in [1.54, 1.807) is 0 Å². The first-order valence-electron chi connectivity index (χ1n) is 8.68. The van der Waals surface area contributed by atoms with Crippen molar-refractivity contribution >= 4 is 6.09 Å². The van der Waals surface area contributed by atoms with E-state index < -0.39 is 0 Å². The van der Waals surface area contributed by atoms with Crippen molar-refractivity contribution in [3.8, 4) is 0 Å². The van der Waals surface area contributed by atoms with Gasteiger partial charge in [-0.25, -0.2) is 4.79 Å². The van der Waals surface area contributed by atoms with Gasteiger partial charge in [0.2, 0.25) is 0 Å². The average molecular weight is 294 g/mol. The van der Waals surface area contributed by atoms with E-state index in [9.17, 15) is 4.79 Å². The van der Waals surface area contributed by atoms with E-state index in [4.69, 9.17) is 4.74 Å².